The van der Waals surface area contributed by atoms with Crippen LogP contribution >= 0.6 is 11.3 Å². The van der Waals surface area contributed by atoms with E-state index < -0.39 is 0 Å². The molecule has 106 valence electrons. The lowest BCUT2D eigenvalue weighted by atomic mass is 9.85. The van der Waals surface area contributed by atoms with Crippen LogP contribution in [0, 0.1) is 5.92 Å². The molecule has 0 aromatic carbocycles. The van der Waals surface area contributed by atoms with Crippen molar-refractivity contribution < 1.29 is 4.74 Å². The van der Waals surface area contributed by atoms with Gasteiger partial charge in [0.25, 0.3) is 0 Å². The van der Waals surface area contributed by atoms with Crippen LogP contribution in [0.15, 0.2) is 6.20 Å². The van der Waals surface area contributed by atoms with Crippen molar-refractivity contribution in [2.24, 2.45) is 5.92 Å². The van der Waals surface area contributed by atoms with E-state index in [1.807, 2.05) is 24.6 Å². The number of nitrogens with zero attached hydrogens (tertiary/aromatic N) is 1. The van der Waals surface area contributed by atoms with E-state index in [4.69, 9.17) is 4.74 Å². The van der Waals surface area contributed by atoms with Crippen molar-refractivity contribution in [3.8, 4) is 0 Å². The van der Waals surface area contributed by atoms with Crippen LogP contribution in [0.5, 0.6) is 0 Å². The third-order valence-corrected chi connectivity index (χ3v) is 5.35. The van der Waals surface area contributed by atoms with Crippen LogP contribution in [0.25, 0.3) is 0 Å². The van der Waals surface area contributed by atoms with E-state index in [2.05, 4.69) is 10.3 Å². The molecule has 1 heterocycles. The summed E-state index contributed by atoms with van der Waals surface area (Å²) in [6, 6.07) is 0.766. The molecule has 4 heteroatoms. The molecule has 0 saturated heterocycles. The van der Waals surface area contributed by atoms with Crippen molar-refractivity contribution in [2.75, 3.05) is 7.11 Å². The lowest BCUT2D eigenvalue weighted by Crippen LogP contribution is -2.17. The Bertz CT molecular complexity index is 397. The molecule has 0 spiro atoms. The van der Waals surface area contributed by atoms with Gasteiger partial charge in [0, 0.05) is 30.8 Å². The normalized spacial score (nSPS) is 22.6. The summed E-state index contributed by atoms with van der Waals surface area (Å²) in [5.74, 6) is 0.675. The number of thiazole rings is 1. The van der Waals surface area contributed by atoms with Gasteiger partial charge < -0.3 is 10.1 Å². The summed E-state index contributed by atoms with van der Waals surface area (Å²) in [5, 5.41) is 4.73. The highest BCUT2D eigenvalue weighted by molar-refractivity contribution is 7.11. The van der Waals surface area contributed by atoms with E-state index in [0.717, 1.165) is 12.6 Å². The van der Waals surface area contributed by atoms with Gasteiger partial charge in [-0.2, -0.15) is 0 Å². The predicted molar refractivity (Wildman–Crippen MR) is 78.3 cm³/mol. The van der Waals surface area contributed by atoms with Gasteiger partial charge >= 0.3 is 0 Å². The van der Waals surface area contributed by atoms with E-state index in [0.29, 0.717) is 5.92 Å². The molecule has 2 aliphatic rings. The van der Waals surface area contributed by atoms with Crippen molar-refractivity contribution >= 4 is 11.3 Å². The first kappa shape index (κ1) is 13.5. The Labute approximate surface area is 119 Å². The van der Waals surface area contributed by atoms with Gasteiger partial charge in [-0.3, -0.25) is 0 Å². The minimum absolute atomic E-state index is 0.222. The van der Waals surface area contributed by atoms with Gasteiger partial charge in [-0.25, -0.2) is 4.98 Å². The maximum Gasteiger partial charge on any atom is 0.122 e. The van der Waals surface area contributed by atoms with E-state index in [1.54, 1.807) is 0 Å². The molecule has 0 bridgehead atoms. The zero-order valence-electron chi connectivity index (χ0n) is 11.7. The van der Waals surface area contributed by atoms with Crippen LogP contribution in [-0.2, 0) is 11.3 Å². The van der Waals surface area contributed by atoms with Gasteiger partial charge in [0.2, 0.25) is 0 Å². The summed E-state index contributed by atoms with van der Waals surface area (Å²) in [6.45, 7) is 0.976. The molecule has 0 radical (unpaired) electrons. The standard InChI is InChI=1S/C15H24N2OS/c1-18-14(11-5-3-2-4-6-11)15-17-10-13(19-15)9-16-12-7-8-12/h10-12,14,16H,2-9H2,1H3. The van der Waals surface area contributed by atoms with Crippen molar-refractivity contribution in [1.29, 1.82) is 0 Å². The summed E-state index contributed by atoms with van der Waals surface area (Å²) in [5.41, 5.74) is 0. The van der Waals surface area contributed by atoms with Gasteiger partial charge in [0.1, 0.15) is 11.1 Å². The topological polar surface area (TPSA) is 34.1 Å². The summed E-state index contributed by atoms with van der Waals surface area (Å²) >= 11 is 1.83. The largest absolute Gasteiger partial charge is 0.374 e. The van der Waals surface area contributed by atoms with Crippen molar-refractivity contribution in [2.45, 2.75) is 63.6 Å². The third-order valence-electron chi connectivity index (χ3n) is 4.29. The molecule has 1 aromatic heterocycles. The predicted octanol–water partition coefficient (Wildman–Crippen LogP) is 3.66. The molecule has 1 aromatic rings. The van der Waals surface area contributed by atoms with Crippen molar-refractivity contribution in [1.82, 2.24) is 10.3 Å². The van der Waals surface area contributed by atoms with Crippen LogP contribution in [0.3, 0.4) is 0 Å². The molecule has 3 rings (SSSR count). The molecule has 2 saturated carbocycles. The van der Waals surface area contributed by atoms with Crippen LogP contribution in [0.1, 0.15) is 60.9 Å². The number of nitrogens with one attached hydrogen (secondary N) is 1. The number of hydrogen-bond acceptors (Lipinski definition) is 4. The van der Waals surface area contributed by atoms with E-state index in [-0.39, 0.29) is 6.10 Å². The number of aromatic nitrogens is 1. The quantitative estimate of drug-likeness (QED) is 0.863. The average molecular weight is 280 g/mol. The first-order chi connectivity index (χ1) is 9.36. The fourth-order valence-corrected chi connectivity index (χ4v) is 4.04. The smallest absolute Gasteiger partial charge is 0.122 e. The zero-order chi connectivity index (χ0) is 13.1. The highest BCUT2D eigenvalue weighted by atomic mass is 32.1. The third kappa shape index (κ3) is 3.56. The van der Waals surface area contributed by atoms with E-state index >= 15 is 0 Å². The van der Waals surface area contributed by atoms with Crippen molar-refractivity contribution in [3.05, 3.63) is 16.1 Å². The number of rotatable bonds is 6. The Balaban J connectivity index is 1.61. The molecule has 1 N–H and O–H groups in total. The molecule has 2 fully saturated rings. The highest BCUT2D eigenvalue weighted by Gasteiger charge is 2.27. The molecule has 1 atom stereocenters. The second-order valence-electron chi connectivity index (χ2n) is 5.87. The molecule has 2 aliphatic carbocycles. The fourth-order valence-electron chi connectivity index (χ4n) is 3.00. The first-order valence-corrected chi connectivity index (χ1v) is 8.39. The minimum atomic E-state index is 0.222. The van der Waals surface area contributed by atoms with Gasteiger partial charge in [-0.1, -0.05) is 19.3 Å². The summed E-state index contributed by atoms with van der Waals surface area (Å²) in [4.78, 5) is 5.96. The van der Waals surface area contributed by atoms with Gasteiger partial charge in [0.05, 0.1) is 0 Å². The summed E-state index contributed by atoms with van der Waals surface area (Å²) in [6.07, 6.45) is 11.6. The zero-order valence-corrected chi connectivity index (χ0v) is 12.5. The monoisotopic (exact) mass is 280 g/mol. The maximum atomic E-state index is 5.75. The second kappa shape index (κ2) is 6.33. The van der Waals surface area contributed by atoms with Crippen LogP contribution in [0.4, 0.5) is 0 Å². The van der Waals surface area contributed by atoms with Gasteiger partial charge in [-0.05, 0) is 31.6 Å². The van der Waals surface area contributed by atoms with Gasteiger partial charge in [-0.15, -0.1) is 11.3 Å². The SMILES string of the molecule is COC(c1ncc(CNC2CC2)s1)C1CCCCC1. The van der Waals surface area contributed by atoms with Crippen LogP contribution in [-0.4, -0.2) is 18.1 Å². The maximum absolute atomic E-state index is 5.75. The Hall–Kier alpha value is -0.450. The lowest BCUT2D eigenvalue weighted by molar-refractivity contribution is 0.0352. The lowest BCUT2D eigenvalue weighted by Gasteiger charge is -2.27. The Morgan fingerprint density at radius 1 is 1.32 bits per heavy atom. The number of hydrogen-bond donors (Lipinski definition) is 1. The van der Waals surface area contributed by atoms with Crippen LogP contribution in [0.2, 0.25) is 0 Å². The molecule has 19 heavy (non-hydrogen) atoms. The molecule has 0 aliphatic heterocycles. The minimum Gasteiger partial charge on any atom is -0.374 e. The number of methoxy groups -OCH3 is 1. The van der Waals surface area contributed by atoms with E-state index in [9.17, 15) is 0 Å². The van der Waals surface area contributed by atoms with Gasteiger partial charge in [0.15, 0.2) is 0 Å². The number of ether oxygens (including phenoxy) is 1. The van der Waals surface area contributed by atoms with Crippen molar-refractivity contribution in [3.63, 3.8) is 0 Å². The Morgan fingerprint density at radius 2 is 2.11 bits per heavy atom. The second-order valence-corrected chi connectivity index (χ2v) is 7.02. The van der Waals surface area contributed by atoms with E-state index in [1.165, 1.54) is 54.8 Å². The first-order valence-electron chi connectivity index (χ1n) is 7.57. The Morgan fingerprint density at radius 3 is 2.79 bits per heavy atom. The average Bonchev–Trinajstić information content (AvgIpc) is 3.17. The molecular weight excluding hydrogens is 256 g/mol. The fraction of sp³-hybridized carbons (Fsp3) is 0.800. The summed E-state index contributed by atoms with van der Waals surface area (Å²) in [7, 11) is 1.84. The van der Waals surface area contributed by atoms with Crippen LogP contribution < -0.4 is 5.32 Å². The molecule has 0 amide bonds. The highest BCUT2D eigenvalue weighted by Crippen LogP contribution is 2.38. The molecule has 1 unspecified atom stereocenters. The Kier molecular flexibility index (Phi) is 4.51. The molecular formula is C15H24N2OS. The molecule has 3 nitrogen and oxygen atoms in total. The summed E-state index contributed by atoms with van der Waals surface area (Å²) < 4.78 is 5.75.